The second kappa shape index (κ2) is 7.57. The van der Waals surface area contributed by atoms with Crippen molar-refractivity contribution in [3.8, 4) is 0 Å². The number of nitrogens with one attached hydrogen (secondary N) is 1. The van der Waals surface area contributed by atoms with E-state index in [-0.39, 0.29) is 0 Å². The van der Waals surface area contributed by atoms with Crippen molar-refractivity contribution in [2.75, 3.05) is 13.1 Å². The molecule has 1 aliphatic carbocycles. The Morgan fingerprint density at radius 2 is 1.76 bits per heavy atom. The molecule has 3 nitrogen and oxygen atoms in total. The van der Waals surface area contributed by atoms with E-state index in [2.05, 4.69) is 52.7 Å². The largest absolute Gasteiger partial charge is 0.335 e. The first-order chi connectivity index (χ1) is 12.3. The molecule has 2 fully saturated rings. The molecule has 3 heteroatoms. The molecule has 0 atom stereocenters. The van der Waals surface area contributed by atoms with E-state index >= 15 is 0 Å². The second-order valence-electron chi connectivity index (χ2n) is 7.67. The molecule has 132 valence electrons. The van der Waals surface area contributed by atoms with Gasteiger partial charge in [0, 0.05) is 19.0 Å². The smallest absolute Gasteiger partial charge is 0.223 e. The summed E-state index contributed by atoms with van der Waals surface area (Å²) >= 11 is 0. The molecule has 1 amide bonds. The average Bonchev–Trinajstić information content (AvgIpc) is 3.50. The minimum Gasteiger partial charge on any atom is -0.335 e. The highest BCUT2D eigenvalue weighted by atomic mass is 16.2. The molecule has 1 saturated carbocycles. The molecular formula is C22H28N2O. The SMILES string of the molecule is O=C(CCC1CCNCC1)N(Cc1ccc2ccccc2c1)C1CC1. The van der Waals surface area contributed by atoms with Crippen LogP contribution in [0.3, 0.4) is 0 Å². The summed E-state index contributed by atoms with van der Waals surface area (Å²) in [5.41, 5.74) is 1.25. The zero-order chi connectivity index (χ0) is 17.1. The highest BCUT2D eigenvalue weighted by Crippen LogP contribution is 2.30. The lowest BCUT2D eigenvalue weighted by Gasteiger charge is -2.26. The molecule has 0 spiro atoms. The molecule has 25 heavy (non-hydrogen) atoms. The molecule has 0 radical (unpaired) electrons. The van der Waals surface area contributed by atoms with Crippen LogP contribution in [0.15, 0.2) is 42.5 Å². The van der Waals surface area contributed by atoms with E-state index in [1.54, 1.807) is 0 Å². The van der Waals surface area contributed by atoms with Crippen LogP contribution in [0.1, 0.15) is 44.1 Å². The van der Waals surface area contributed by atoms with E-state index in [9.17, 15) is 4.79 Å². The third-order valence-electron chi connectivity index (χ3n) is 5.70. The molecule has 1 saturated heterocycles. The monoisotopic (exact) mass is 336 g/mol. The summed E-state index contributed by atoms with van der Waals surface area (Å²) in [6.45, 7) is 2.99. The van der Waals surface area contributed by atoms with Crippen LogP contribution in [0.5, 0.6) is 0 Å². The highest BCUT2D eigenvalue weighted by Gasteiger charge is 2.32. The molecule has 0 unspecified atom stereocenters. The molecule has 0 aromatic heterocycles. The summed E-state index contributed by atoms with van der Waals surface area (Å²) in [7, 11) is 0. The van der Waals surface area contributed by atoms with Crippen molar-refractivity contribution in [1.29, 1.82) is 0 Å². The molecule has 1 heterocycles. The van der Waals surface area contributed by atoms with Crippen LogP contribution in [-0.4, -0.2) is 29.9 Å². The number of carbonyl (C=O) groups is 1. The Morgan fingerprint density at radius 3 is 2.52 bits per heavy atom. The Bertz CT molecular complexity index is 732. The Morgan fingerprint density at radius 1 is 1.00 bits per heavy atom. The van der Waals surface area contributed by atoms with Gasteiger partial charge in [0.2, 0.25) is 5.91 Å². The van der Waals surface area contributed by atoms with Gasteiger partial charge >= 0.3 is 0 Å². The van der Waals surface area contributed by atoms with Gasteiger partial charge in [-0.05, 0) is 73.5 Å². The normalized spacial score (nSPS) is 18.4. The summed E-state index contributed by atoms with van der Waals surface area (Å²) in [5, 5.41) is 5.93. The predicted octanol–water partition coefficient (Wildman–Crippen LogP) is 4.11. The van der Waals surface area contributed by atoms with E-state index in [0.29, 0.717) is 11.9 Å². The van der Waals surface area contributed by atoms with Crippen molar-refractivity contribution in [2.45, 2.75) is 51.1 Å². The molecule has 2 aromatic carbocycles. The lowest BCUT2D eigenvalue weighted by Crippen LogP contribution is -2.33. The van der Waals surface area contributed by atoms with Crippen LogP contribution in [0, 0.1) is 5.92 Å². The third kappa shape index (κ3) is 4.21. The summed E-state index contributed by atoms with van der Waals surface area (Å²) in [6.07, 6.45) is 6.57. The van der Waals surface area contributed by atoms with Gasteiger partial charge in [0.05, 0.1) is 0 Å². The van der Waals surface area contributed by atoms with Gasteiger partial charge in [0.1, 0.15) is 0 Å². The maximum Gasteiger partial charge on any atom is 0.223 e. The van der Waals surface area contributed by atoms with Crippen LogP contribution in [-0.2, 0) is 11.3 Å². The molecule has 1 aliphatic heterocycles. The predicted molar refractivity (Wildman–Crippen MR) is 102 cm³/mol. The number of carbonyl (C=O) groups excluding carboxylic acids is 1. The lowest BCUT2D eigenvalue weighted by molar-refractivity contribution is -0.132. The molecule has 1 N–H and O–H groups in total. The van der Waals surface area contributed by atoms with Gasteiger partial charge in [-0.25, -0.2) is 0 Å². The van der Waals surface area contributed by atoms with Gasteiger partial charge in [-0.3, -0.25) is 4.79 Å². The first-order valence-electron chi connectivity index (χ1n) is 9.77. The first kappa shape index (κ1) is 16.6. The zero-order valence-electron chi connectivity index (χ0n) is 14.9. The molecule has 2 aromatic rings. The summed E-state index contributed by atoms with van der Waals surface area (Å²) < 4.78 is 0. The quantitative estimate of drug-likeness (QED) is 0.861. The van der Waals surface area contributed by atoms with Crippen molar-refractivity contribution in [3.05, 3.63) is 48.0 Å². The van der Waals surface area contributed by atoms with Crippen LogP contribution in [0.4, 0.5) is 0 Å². The number of hydrogen-bond donors (Lipinski definition) is 1. The minimum atomic E-state index is 0.356. The van der Waals surface area contributed by atoms with Crippen LogP contribution in [0.2, 0.25) is 0 Å². The topological polar surface area (TPSA) is 32.3 Å². The van der Waals surface area contributed by atoms with Crippen LogP contribution in [0.25, 0.3) is 10.8 Å². The zero-order valence-corrected chi connectivity index (χ0v) is 14.9. The van der Waals surface area contributed by atoms with E-state index in [4.69, 9.17) is 0 Å². The van der Waals surface area contributed by atoms with Crippen LogP contribution >= 0.6 is 0 Å². The number of piperidine rings is 1. The highest BCUT2D eigenvalue weighted by molar-refractivity contribution is 5.83. The fourth-order valence-corrected chi connectivity index (χ4v) is 3.98. The van der Waals surface area contributed by atoms with Gasteiger partial charge in [0.25, 0.3) is 0 Å². The van der Waals surface area contributed by atoms with Crippen molar-refractivity contribution in [1.82, 2.24) is 10.2 Å². The van der Waals surface area contributed by atoms with E-state index in [0.717, 1.165) is 38.4 Å². The van der Waals surface area contributed by atoms with Gasteiger partial charge in [-0.1, -0.05) is 36.4 Å². The number of amides is 1. The number of benzene rings is 2. The van der Waals surface area contributed by atoms with Crippen LogP contribution < -0.4 is 5.32 Å². The Labute approximate surface area is 150 Å². The van der Waals surface area contributed by atoms with Gasteiger partial charge in [-0.2, -0.15) is 0 Å². The molecule has 0 bridgehead atoms. The Balaban J connectivity index is 1.40. The van der Waals surface area contributed by atoms with Crippen molar-refractivity contribution in [2.24, 2.45) is 5.92 Å². The number of nitrogens with zero attached hydrogens (tertiary/aromatic N) is 1. The maximum atomic E-state index is 12.8. The second-order valence-corrected chi connectivity index (χ2v) is 7.67. The number of rotatable bonds is 6. The van der Waals surface area contributed by atoms with E-state index in [1.165, 1.54) is 42.0 Å². The van der Waals surface area contributed by atoms with Gasteiger partial charge in [0.15, 0.2) is 0 Å². The summed E-state index contributed by atoms with van der Waals surface area (Å²) in [6, 6.07) is 15.5. The first-order valence-corrected chi connectivity index (χ1v) is 9.77. The van der Waals surface area contributed by atoms with Crippen molar-refractivity contribution >= 4 is 16.7 Å². The average molecular weight is 336 g/mol. The lowest BCUT2D eigenvalue weighted by atomic mass is 9.93. The van der Waals surface area contributed by atoms with E-state index < -0.39 is 0 Å². The standard InChI is InChI=1S/C22H28N2O/c25-22(10-6-17-11-13-23-14-12-17)24(21-8-9-21)16-18-5-7-19-3-1-2-4-20(19)15-18/h1-5,7,15,17,21,23H,6,8-14,16H2. The Hall–Kier alpha value is -1.87. The maximum absolute atomic E-state index is 12.8. The van der Waals surface area contributed by atoms with Gasteiger partial charge < -0.3 is 10.2 Å². The van der Waals surface area contributed by atoms with E-state index in [1.807, 2.05) is 0 Å². The fourth-order valence-electron chi connectivity index (χ4n) is 3.98. The van der Waals surface area contributed by atoms with Crippen molar-refractivity contribution in [3.63, 3.8) is 0 Å². The van der Waals surface area contributed by atoms with Gasteiger partial charge in [-0.15, -0.1) is 0 Å². The molecule has 2 aliphatic rings. The Kier molecular flexibility index (Phi) is 5.02. The number of hydrogen-bond acceptors (Lipinski definition) is 2. The molecular weight excluding hydrogens is 308 g/mol. The van der Waals surface area contributed by atoms with Crippen molar-refractivity contribution < 1.29 is 4.79 Å². The fraction of sp³-hybridized carbons (Fsp3) is 0.500. The minimum absolute atomic E-state index is 0.356. The summed E-state index contributed by atoms with van der Waals surface area (Å²) in [5.74, 6) is 1.08. The summed E-state index contributed by atoms with van der Waals surface area (Å²) in [4.78, 5) is 15.0. The third-order valence-corrected chi connectivity index (χ3v) is 5.70. The number of fused-ring (bicyclic) bond motifs is 1. The molecule has 4 rings (SSSR count).